The van der Waals surface area contributed by atoms with Crippen molar-refractivity contribution in [3.8, 4) is 11.3 Å². The molecule has 3 aromatic rings. The van der Waals surface area contributed by atoms with Crippen LogP contribution in [-0.2, 0) is 4.79 Å². The van der Waals surface area contributed by atoms with Crippen LogP contribution in [0.1, 0.15) is 13.8 Å². The molecule has 23 heavy (non-hydrogen) atoms. The molecule has 1 atom stereocenters. The smallest absolute Gasteiger partial charge is 0.238 e. The van der Waals surface area contributed by atoms with E-state index >= 15 is 0 Å². The van der Waals surface area contributed by atoms with Gasteiger partial charge in [-0.3, -0.25) is 4.79 Å². The van der Waals surface area contributed by atoms with Gasteiger partial charge in [0.1, 0.15) is 5.65 Å². The number of hydrogen-bond acceptors (Lipinski definition) is 5. The lowest BCUT2D eigenvalue weighted by molar-refractivity contribution is -0.115. The lowest BCUT2D eigenvalue weighted by Gasteiger charge is -2.08. The van der Waals surface area contributed by atoms with Crippen molar-refractivity contribution >= 4 is 61.1 Å². The summed E-state index contributed by atoms with van der Waals surface area (Å²) in [7, 11) is 0. The number of aromatic amines is 1. The molecule has 0 aliphatic heterocycles. The lowest BCUT2D eigenvalue weighted by atomic mass is 10.2. The van der Waals surface area contributed by atoms with Gasteiger partial charge < -0.3 is 10.3 Å². The number of thioether (sulfide) groups is 1. The molecule has 1 unspecified atom stereocenters. The molecule has 0 fully saturated rings. The molecule has 0 radical (unpaired) electrons. The highest BCUT2D eigenvalue weighted by atomic mass is 79.9. The molecule has 0 aliphatic carbocycles. The number of hydrogen-bond donors (Lipinski definition) is 2. The summed E-state index contributed by atoms with van der Waals surface area (Å²) >= 11 is 6.48. The van der Waals surface area contributed by atoms with E-state index in [0.717, 1.165) is 32.5 Å². The number of H-pyrrole nitrogens is 1. The van der Waals surface area contributed by atoms with Gasteiger partial charge in [-0.25, -0.2) is 9.97 Å². The fraction of sp³-hybridized carbons (Fsp3) is 0.267. The van der Waals surface area contributed by atoms with E-state index in [-0.39, 0.29) is 11.2 Å². The quantitative estimate of drug-likeness (QED) is 0.647. The van der Waals surface area contributed by atoms with E-state index in [2.05, 4.69) is 36.2 Å². The third kappa shape index (κ3) is 3.59. The summed E-state index contributed by atoms with van der Waals surface area (Å²) in [5.74, 6) is 0.899. The van der Waals surface area contributed by atoms with Crippen LogP contribution in [0.3, 0.4) is 0 Å². The third-order valence-electron chi connectivity index (χ3n) is 3.29. The number of rotatable bonds is 5. The van der Waals surface area contributed by atoms with E-state index in [1.807, 2.05) is 31.5 Å². The van der Waals surface area contributed by atoms with Crippen LogP contribution in [0.4, 0.5) is 5.13 Å². The van der Waals surface area contributed by atoms with Crippen molar-refractivity contribution in [2.24, 2.45) is 0 Å². The van der Waals surface area contributed by atoms with Crippen LogP contribution in [0.5, 0.6) is 0 Å². The highest BCUT2D eigenvalue weighted by Crippen LogP contribution is 2.31. The van der Waals surface area contributed by atoms with Gasteiger partial charge >= 0.3 is 0 Å². The maximum atomic E-state index is 12.1. The van der Waals surface area contributed by atoms with Crippen LogP contribution < -0.4 is 5.32 Å². The number of pyridine rings is 1. The Morgan fingerprint density at radius 2 is 2.39 bits per heavy atom. The Balaban J connectivity index is 1.83. The molecule has 0 aliphatic rings. The Morgan fingerprint density at radius 3 is 3.17 bits per heavy atom. The number of thiazole rings is 1. The molecule has 3 rings (SSSR count). The summed E-state index contributed by atoms with van der Waals surface area (Å²) in [6.07, 6.45) is 3.64. The number of fused-ring (bicyclic) bond motifs is 1. The van der Waals surface area contributed by atoms with E-state index in [0.29, 0.717) is 5.13 Å². The molecular formula is C15H15BrN4OS2. The molecule has 0 saturated heterocycles. The maximum Gasteiger partial charge on any atom is 0.238 e. The van der Waals surface area contributed by atoms with Crippen LogP contribution in [0.25, 0.3) is 22.3 Å². The standard InChI is InChI=1S/C15H15BrN4OS2/c1-3-22-8(2)14(21)20-15-19-12(7-23-15)11-6-18-13-10(11)4-9(16)5-17-13/h4-8H,3H2,1-2H3,(H,17,18)(H,19,20,21). The monoisotopic (exact) mass is 410 g/mol. The zero-order chi connectivity index (χ0) is 16.4. The van der Waals surface area contributed by atoms with Gasteiger partial charge in [-0.1, -0.05) is 6.92 Å². The summed E-state index contributed by atoms with van der Waals surface area (Å²) < 4.78 is 0.917. The summed E-state index contributed by atoms with van der Waals surface area (Å²) in [6.45, 7) is 3.94. The second-order valence-electron chi connectivity index (χ2n) is 4.88. The van der Waals surface area contributed by atoms with Crippen molar-refractivity contribution in [1.29, 1.82) is 0 Å². The number of carbonyl (C=O) groups excluding carboxylic acids is 1. The average molecular weight is 411 g/mol. The van der Waals surface area contributed by atoms with Gasteiger partial charge in [-0.2, -0.15) is 0 Å². The van der Waals surface area contributed by atoms with Crippen LogP contribution >= 0.6 is 39.0 Å². The zero-order valence-corrected chi connectivity index (χ0v) is 15.8. The van der Waals surface area contributed by atoms with E-state index in [4.69, 9.17) is 0 Å². The molecule has 0 bridgehead atoms. The highest BCUT2D eigenvalue weighted by Gasteiger charge is 2.16. The Morgan fingerprint density at radius 1 is 1.57 bits per heavy atom. The Labute approximate surface area is 150 Å². The Hall–Kier alpha value is -1.38. The molecule has 3 heterocycles. The molecular weight excluding hydrogens is 396 g/mol. The van der Waals surface area contributed by atoms with Crippen molar-refractivity contribution < 1.29 is 4.79 Å². The first-order valence-electron chi connectivity index (χ1n) is 7.09. The largest absolute Gasteiger partial charge is 0.345 e. The van der Waals surface area contributed by atoms with E-state index in [1.165, 1.54) is 11.3 Å². The third-order valence-corrected chi connectivity index (χ3v) is 5.53. The second kappa shape index (κ2) is 7.02. The minimum absolute atomic E-state index is 0.0129. The highest BCUT2D eigenvalue weighted by molar-refractivity contribution is 9.10. The molecule has 120 valence electrons. The average Bonchev–Trinajstić information content (AvgIpc) is 3.13. The summed E-state index contributed by atoms with van der Waals surface area (Å²) in [6, 6.07) is 2.01. The van der Waals surface area contributed by atoms with E-state index in [1.54, 1.807) is 18.0 Å². The van der Waals surface area contributed by atoms with Gasteiger partial charge in [-0.15, -0.1) is 23.1 Å². The maximum absolute atomic E-state index is 12.1. The van der Waals surface area contributed by atoms with Gasteiger partial charge in [0.05, 0.1) is 10.9 Å². The molecule has 0 aromatic carbocycles. The first-order chi connectivity index (χ1) is 11.1. The number of halogens is 1. The summed E-state index contributed by atoms with van der Waals surface area (Å²) in [5, 5.41) is 6.35. The number of nitrogens with zero attached hydrogens (tertiary/aromatic N) is 2. The predicted octanol–water partition coefficient (Wildman–Crippen LogP) is 4.53. The lowest BCUT2D eigenvalue weighted by Crippen LogP contribution is -2.22. The van der Waals surface area contributed by atoms with Crippen molar-refractivity contribution in [3.05, 3.63) is 28.3 Å². The van der Waals surface area contributed by atoms with E-state index in [9.17, 15) is 4.79 Å². The summed E-state index contributed by atoms with van der Waals surface area (Å²) in [4.78, 5) is 24.1. The van der Waals surface area contributed by atoms with Gasteiger partial charge in [-0.05, 0) is 34.7 Å². The number of amides is 1. The minimum atomic E-state index is -0.0828. The minimum Gasteiger partial charge on any atom is -0.345 e. The zero-order valence-electron chi connectivity index (χ0n) is 12.6. The molecule has 8 heteroatoms. The van der Waals surface area contributed by atoms with Crippen LogP contribution in [-0.4, -0.2) is 31.9 Å². The predicted molar refractivity (Wildman–Crippen MR) is 101 cm³/mol. The molecule has 0 saturated carbocycles. The Bertz CT molecular complexity index is 845. The van der Waals surface area contributed by atoms with Crippen molar-refractivity contribution in [2.45, 2.75) is 19.1 Å². The summed E-state index contributed by atoms with van der Waals surface area (Å²) in [5.41, 5.74) is 2.61. The Kier molecular flexibility index (Phi) is 5.03. The van der Waals surface area contributed by atoms with Gasteiger partial charge in [0, 0.05) is 33.2 Å². The van der Waals surface area contributed by atoms with Crippen LogP contribution in [0.15, 0.2) is 28.3 Å². The fourth-order valence-electron chi connectivity index (χ4n) is 2.18. The molecule has 3 aromatic heterocycles. The molecule has 2 N–H and O–H groups in total. The van der Waals surface area contributed by atoms with Crippen molar-refractivity contribution in [3.63, 3.8) is 0 Å². The molecule has 1 amide bonds. The van der Waals surface area contributed by atoms with Gasteiger partial charge in [0.25, 0.3) is 0 Å². The van der Waals surface area contributed by atoms with Crippen LogP contribution in [0.2, 0.25) is 0 Å². The van der Waals surface area contributed by atoms with Gasteiger partial charge in [0.15, 0.2) is 5.13 Å². The van der Waals surface area contributed by atoms with Crippen molar-refractivity contribution in [2.75, 3.05) is 11.1 Å². The fourth-order valence-corrected chi connectivity index (χ4v) is 3.93. The normalized spacial score (nSPS) is 12.5. The number of carbonyl (C=O) groups is 1. The van der Waals surface area contributed by atoms with Gasteiger partial charge in [0.2, 0.25) is 5.91 Å². The van der Waals surface area contributed by atoms with Crippen LogP contribution in [0, 0.1) is 0 Å². The van der Waals surface area contributed by atoms with Crippen molar-refractivity contribution in [1.82, 2.24) is 15.0 Å². The van der Waals surface area contributed by atoms with E-state index < -0.39 is 0 Å². The molecule has 5 nitrogen and oxygen atoms in total. The first-order valence-corrected chi connectivity index (χ1v) is 9.81. The topological polar surface area (TPSA) is 70.7 Å². The number of anilines is 1. The second-order valence-corrected chi connectivity index (χ2v) is 8.27. The number of nitrogens with one attached hydrogen (secondary N) is 2. The first kappa shape index (κ1) is 16.5. The number of aromatic nitrogens is 3. The molecule has 0 spiro atoms. The SMILES string of the molecule is CCSC(C)C(=O)Nc1nc(-c2c[nH]c3ncc(Br)cc23)cs1.